The molecule has 278 valence electrons. The van der Waals surface area contributed by atoms with E-state index in [1.54, 1.807) is 6.08 Å². The molecule has 0 saturated carbocycles. The number of carbonyl (C=O) groups is 1. The number of hydrogen-bond donors (Lipinski definition) is 7. The summed E-state index contributed by atoms with van der Waals surface area (Å²) in [5.41, 5.74) is 0. The Hall–Kier alpha value is -1.98. The average Bonchev–Trinajstić information content (AvgIpc) is 3.05. The van der Waals surface area contributed by atoms with Crippen LogP contribution in [0.5, 0.6) is 0 Å². The van der Waals surface area contributed by atoms with Crippen molar-refractivity contribution in [1.82, 2.24) is 5.32 Å². The zero-order chi connectivity index (χ0) is 35.8. The summed E-state index contributed by atoms with van der Waals surface area (Å²) < 4.78 is 47.0. The van der Waals surface area contributed by atoms with E-state index in [-0.39, 0.29) is 6.42 Å². The molecule has 1 saturated heterocycles. The van der Waals surface area contributed by atoms with Gasteiger partial charge in [-0.25, -0.2) is 4.18 Å². The minimum Gasteiger partial charge on any atom is -0.394 e. The third-order valence-corrected chi connectivity index (χ3v) is 8.14. The molecule has 1 aliphatic rings. The molecule has 1 amide bonds. The lowest BCUT2D eigenvalue weighted by molar-refractivity contribution is -0.298. The molecule has 1 rings (SSSR count). The van der Waals surface area contributed by atoms with Crippen molar-refractivity contribution in [2.75, 3.05) is 13.2 Å². The van der Waals surface area contributed by atoms with Gasteiger partial charge in [-0.3, -0.25) is 9.35 Å². The van der Waals surface area contributed by atoms with Crippen LogP contribution in [0.4, 0.5) is 0 Å². The molecule has 48 heavy (non-hydrogen) atoms. The first-order valence-corrected chi connectivity index (χ1v) is 18.5. The summed E-state index contributed by atoms with van der Waals surface area (Å²) in [5.74, 6) is -0.739. The summed E-state index contributed by atoms with van der Waals surface area (Å²) in [6.45, 7) is 2.92. The van der Waals surface area contributed by atoms with Gasteiger partial charge in [0.15, 0.2) is 6.29 Å². The Balaban J connectivity index is 2.84. The molecular formula is C34H59NO12S. The highest BCUT2D eigenvalue weighted by molar-refractivity contribution is 7.80. The van der Waals surface area contributed by atoms with E-state index in [1.807, 2.05) is 6.08 Å². The van der Waals surface area contributed by atoms with Crippen LogP contribution in [-0.2, 0) is 28.9 Å². The fourth-order valence-corrected chi connectivity index (χ4v) is 5.40. The van der Waals surface area contributed by atoms with Gasteiger partial charge >= 0.3 is 10.4 Å². The van der Waals surface area contributed by atoms with E-state index in [0.717, 1.165) is 64.2 Å². The lowest BCUT2D eigenvalue weighted by Gasteiger charge is -2.41. The molecule has 8 atom stereocenters. The first kappa shape index (κ1) is 44.0. The molecule has 1 fully saturated rings. The maximum Gasteiger partial charge on any atom is 0.397 e. The molecule has 0 spiro atoms. The van der Waals surface area contributed by atoms with Crippen LogP contribution < -0.4 is 5.32 Å². The largest absolute Gasteiger partial charge is 0.397 e. The van der Waals surface area contributed by atoms with E-state index in [9.17, 15) is 38.7 Å². The standard InChI is InChI=1S/C34H59NO12S/c1-3-5-7-9-11-13-15-16-18-20-22-27(37)26(35-33(41)28(38)23-21-19-17-14-12-10-8-6-4-2)25-45-34-31(40)32(47-48(42,43)44)30(39)29(24-36)46-34/h5,7,10,12-13,15,20,22,26-32,34,36-40H,3-4,6,8-9,11,14,16-19,21,23-25H2,1-2H3,(H,35,41)(H,42,43,44)/b7-5+,12-10-,15-13+,22-20+. The minimum atomic E-state index is -5.12. The highest BCUT2D eigenvalue weighted by Crippen LogP contribution is 2.26. The number of nitrogens with one attached hydrogen (secondary N) is 1. The van der Waals surface area contributed by atoms with Gasteiger partial charge in [0.25, 0.3) is 0 Å². The van der Waals surface area contributed by atoms with Crippen molar-refractivity contribution in [3.05, 3.63) is 48.6 Å². The van der Waals surface area contributed by atoms with Gasteiger partial charge in [0.1, 0.15) is 30.5 Å². The molecule has 1 heterocycles. The lowest BCUT2D eigenvalue weighted by atomic mass is 9.99. The zero-order valence-electron chi connectivity index (χ0n) is 28.4. The van der Waals surface area contributed by atoms with Gasteiger partial charge in [0, 0.05) is 0 Å². The van der Waals surface area contributed by atoms with Gasteiger partial charge in [-0.1, -0.05) is 88.1 Å². The number of ether oxygens (including phenoxy) is 2. The molecule has 0 aliphatic carbocycles. The van der Waals surface area contributed by atoms with Crippen LogP contribution >= 0.6 is 0 Å². The van der Waals surface area contributed by atoms with Crippen molar-refractivity contribution in [2.45, 2.75) is 146 Å². The van der Waals surface area contributed by atoms with Gasteiger partial charge in [0.2, 0.25) is 5.91 Å². The van der Waals surface area contributed by atoms with Gasteiger partial charge in [-0.2, -0.15) is 8.42 Å². The smallest absolute Gasteiger partial charge is 0.394 e. The second-order valence-electron chi connectivity index (χ2n) is 11.8. The topological polar surface area (TPSA) is 212 Å². The summed E-state index contributed by atoms with van der Waals surface area (Å²) in [7, 11) is -5.12. The van der Waals surface area contributed by atoms with Gasteiger partial charge < -0.3 is 40.3 Å². The molecule has 0 aromatic rings. The Kier molecular flexibility index (Phi) is 23.8. The van der Waals surface area contributed by atoms with Crippen LogP contribution in [0.1, 0.15) is 97.3 Å². The third kappa shape index (κ3) is 19.3. The molecule has 0 bridgehead atoms. The van der Waals surface area contributed by atoms with E-state index >= 15 is 0 Å². The van der Waals surface area contributed by atoms with Crippen LogP contribution in [0, 0.1) is 0 Å². The van der Waals surface area contributed by atoms with Gasteiger partial charge in [0.05, 0.1) is 25.4 Å². The predicted molar refractivity (Wildman–Crippen MR) is 182 cm³/mol. The fourth-order valence-electron chi connectivity index (χ4n) is 4.89. The second-order valence-corrected chi connectivity index (χ2v) is 12.9. The van der Waals surface area contributed by atoms with E-state index < -0.39 is 78.5 Å². The maximum atomic E-state index is 12.9. The number of aliphatic hydroxyl groups excluding tert-OH is 5. The van der Waals surface area contributed by atoms with Crippen molar-refractivity contribution in [2.24, 2.45) is 0 Å². The molecular weight excluding hydrogens is 646 g/mol. The van der Waals surface area contributed by atoms with Crippen molar-refractivity contribution in [1.29, 1.82) is 0 Å². The summed E-state index contributed by atoms with van der Waals surface area (Å²) in [5, 5.41) is 54.5. The number of allylic oxidation sites excluding steroid dienone is 7. The number of unbranched alkanes of at least 4 members (excludes halogenated alkanes) is 7. The van der Waals surface area contributed by atoms with Crippen LogP contribution in [0.15, 0.2) is 48.6 Å². The third-order valence-electron chi connectivity index (χ3n) is 7.68. The highest BCUT2D eigenvalue weighted by Gasteiger charge is 2.48. The second kappa shape index (κ2) is 25.9. The number of hydrogen-bond acceptors (Lipinski definition) is 11. The quantitative estimate of drug-likeness (QED) is 0.0393. The number of aliphatic hydroxyl groups is 5. The monoisotopic (exact) mass is 705 g/mol. The Bertz CT molecular complexity index is 1080. The minimum absolute atomic E-state index is 0.209. The lowest BCUT2D eigenvalue weighted by Crippen LogP contribution is -2.61. The Morgan fingerprint density at radius 1 is 0.854 bits per heavy atom. The first-order valence-electron chi connectivity index (χ1n) is 17.1. The molecule has 1 aliphatic heterocycles. The SMILES string of the molecule is CC/C=C/CC/C=C/CC/C=C/C(O)C(COC1OC(CO)C(O)C(OS(=O)(=O)O)C1O)NC(=O)C(O)CCCCC/C=C\CCCC. The molecule has 0 aromatic carbocycles. The summed E-state index contributed by atoms with van der Waals surface area (Å²) in [6, 6.07) is -1.14. The molecule has 14 heteroatoms. The summed E-state index contributed by atoms with van der Waals surface area (Å²) >= 11 is 0. The summed E-state index contributed by atoms with van der Waals surface area (Å²) in [4.78, 5) is 12.9. The van der Waals surface area contributed by atoms with Crippen molar-refractivity contribution >= 4 is 16.3 Å². The van der Waals surface area contributed by atoms with Crippen LogP contribution in [0.2, 0.25) is 0 Å². The van der Waals surface area contributed by atoms with Crippen LogP contribution in [0.3, 0.4) is 0 Å². The van der Waals surface area contributed by atoms with Crippen LogP contribution in [0.25, 0.3) is 0 Å². The van der Waals surface area contributed by atoms with Gasteiger partial charge in [-0.05, 0) is 57.8 Å². The first-order chi connectivity index (χ1) is 22.9. The molecule has 8 unspecified atom stereocenters. The Morgan fingerprint density at radius 2 is 1.46 bits per heavy atom. The van der Waals surface area contributed by atoms with E-state index in [0.29, 0.717) is 12.8 Å². The molecule has 7 N–H and O–H groups in total. The molecule has 0 aromatic heterocycles. The van der Waals surface area contributed by atoms with Crippen molar-refractivity contribution < 1.29 is 57.0 Å². The van der Waals surface area contributed by atoms with E-state index in [2.05, 4.69) is 53.7 Å². The van der Waals surface area contributed by atoms with Crippen LogP contribution in [-0.4, -0.2) is 107 Å². The fraction of sp³-hybridized carbons (Fsp3) is 0.735. The Morgan fingerprint density at radius 3 is 2.06 bits per heavy atom. The number of carbonyl (C=O) groups excluding carboxylic acids is 1. The summed E-state index contributed by atoms with van der Waals surface area (Å²) in [6.07, 6.45) is 15.4. The zero-order valence-corrected chi connectivity index (χ0v) is 29.2. The number of amides is 1. The molecule has 13 nitrogen and oxygen atoms in total. The maximum absolute atomic E-state index is 12.9. The predicted octanol–water partition coefficient (Wildman–Crippen LogP) is 3.17. The molecule has 0 radical (unpaired) electrons. The van der Waals surface area contributed by atoms with E-state index in [4.69, 9.17) is 14.0 Å². The highest BCUT2D eigenvalue weighted by atomic mass is 32.3. The Labute approximate surface area is 286 Å². The van der Waals surface area contributed by atoms with Gasteiger partial charge in [-0.15, -0.1) is 0 Å². The average molecular weight is 706 g/mol. The number of rotatable bonds is 26. The van der Waals surface area contributed by atoms with E-state index in [1.165, 1.54) is 6.08 Å². The van der Waals surface area contributed by atoms with Crippen molar-refractivity contribution in [3.63, 3.8) is 0 Å². The normalized spacial score (nSPS) is 24.2. The van der Waals surface area contributed by atoms with Crippen molar-refractivity contribution in [3.8, 4) is 0 Å².